The molecule has 2 rings (SSSR count). The molecule has 138 valence electrons. The molecule has 4 heteroatoms. The second kappa shape index (κ2) is 8.65. The second-order valence-electron chi connectivity index (χ2n) is 6.62. The van der Waals surface area contributed by atoms with Crippen molar-refractivity contribution in [1.82, 2.24) is 4.90 Å². The van der Waals surface area contributed by atoms with Gasteiger partial charge in [-0.25, -0.2) is 4.79 Å². The number of amides is 1. The lowest BCUT2D eigenvalue weighted by molar-refractivity contribution is 0.0598. The molecule has 0 aromatic heterocycles. The normalized spacial score (nSPS) is 13.1. The first-order chi connectivity index (χ1) is 12.4. The van der Waals surface area contributed by atoms with E-state index in [1.165, 1.54) is 0 Å². The fraction of sp³-hybridized carbons (Fsp3) is 0.364. The van der Waals surface area contributed by atoms with Crippen LogP contribution in [-0.2, 0) is 0 Å². The summed E-state index contributed by atoms with van der Waals surface area (Å²) in [5, 5.41) is 9.52. The van der Waals surface area contributed by atoms with Crippen LogP contribution >= 0.6 is 0 Å². The fourth-order valence-corrected chi connectivity index (χ4v) is 3.18. The molecule has 2 aromatic carbocycles. The molecule has 2 atom stereocenters. The van der Waals surface area contributed by atoms with Crippen LogP contribution in [0.15, 0.2) is 48.5 Å². The third-order valence-corrected chi connectivity index (χ3v) is 4.97. The van der Waals surface area contributed by atoms with Gasteiger partial charge < -0.3 is 10.0 Å². The molecular weight excluding hydrogens is 326 g/mol. The van der Waals surface area contributed by atoms with E-state index < -0.39 is 5.97 Å². The van der Waals surface area contributed by atoms with Crippen LogP contribution in [0.1, 0.15) is 61.3 Å². The summed E-state index contributed by atoms with van der Waals surface area (Å²) in [6, 6.07) is 14.3. The molecule has 2 aromatic rings. The number of carbonyl (C=O) groups is 2. The lowest BCUT2D eigenvalue weighted by Crippen LogP contribution is -2.44. The van der Waals surface area contributed by atoms with Crippen molar-refractivity contribution in [1.29, 1.82) is 0 Å². The zero-order valence-electron chi connectivity index (χ0n) is 15.9. The van der Waals surface area contributed by atoms with Crippen molar-refractivity contribution in [2.75, 3.05) is 0 Å². The highest BCUT2D eigenvalue weighted by atomic mass is 16.4. The maximum absolute atomic E-state index is 13.4. The molecule has 0 aliphatic heterocycles. The van der Waals surface area contributed by atoms with Gasteiger partial charge in [0.2, 0.25) is 0 Å². The van der Waals surface area contributed by atoms with Crippen LogP contribution in [0.4, 0.5) is 0 Å². The van der Waals surface area contributed by atoms with Crippen molar-refractivity contribution < 1.29 is 14.7 Å². The van der Waals surface area contributed by atoms with Crippen LogP contribution in [0.2, 0.25) is 0 Å². The molecule has 1 N–H and O–H groups in total. The van der Waals surface area contributed by atoms with Crippen LogP contribution in [0.5, 0.6) is 0 Å². The van der Waals surface area contributed by atoms with Gasteiger partial charge in [0.25, 0.3) is 5.91 Å². The Balaban J connectivity index is 2.59. The fourth-order valence-electron chi connectivity index (χ4n) is 3.18. The van der Waals surface area contributed by atoms with Gasteiger partial charge in [-0.05, 0) is 49.9 Å². The van der Waals surface area contributed by atoms with E-state index in [0.29, 0.717) is 16.7 Å². The van der Waals surface area contributed by atoms with Gasteiger partial charge in [-0.3, -0.25) is 4.79 Å². The van der Waals surface area contributed by atoms with Gasteiger partial charge in [0, 0.05) is 17.6 Å². The number of rotatable bonds is 7. The van der Waals surface area contributed by atoms with E-state index in [4.69, 9.17) is 0 Å². The Morgan fingerprint density at radius 3 is 1.73 bits per heavy atom. The minimum absolute atomic E-state index is 0.0514. The van der Waals surface area contributed by atoms with Crippen LogP contribution in [0.3, 0.4) is 0 Å². The Bertz CT molecular complexity index is 774. The Morgan fingerprint density at radius 2 is 1.27 bits per heavy atom. The van der Waals surface area contributed by atoms with Crippen LogP contribution < -0.4 is 0 Å². The molecule has 0 radical (unpaired) electrons. The van der Waals surface area contributed by atoms with E-state index in [9.17, 15) is 14.7 Å². The summed E-state index contributed by atoms with van der Waals surface area (Å²) in [6.07, 6.45) is 1.73. The molecular formula is C22H27NO3. The first kappa shape index (κ1) is 19.7. The smallest absolute Gasteiger partial charge is 0.336 e. The van der Waals surface area contributed by atoms with Gasteiger partial charge in [-0.2, -0.15) is 0 Å². The van der Waals surface area contributed by atoms with Crippen molar-refractivity contribution in [2.45, 2.75) is 52.6 Å². The molecule has 4 nitrogen and oxygen atoms in total. The van der Waals surface area contributed by atoms with Gasteiger partial charge in [0.05, 0.1) is 5.56 Å². The van der Waals surface area contributed by atoms with E-state index in [1.807, 2.05) is 23.1 Å². The average Bonchev–Trinajstić information content (AvgIpc) is 2.67. The number of carboxylic acid groups (broad SMARTS) is 1. The molecule has 0 aliphatic carbocycles. The summed E-state index contributed by atoms with van der Waals surface area (Å²) >= 11 is 0. The van der Waals surface area contributed by atoms with E-state index in [2.05, 4.69) is 27.7 Å². The quantitative estimate of drug-likeness (QED) is 0.754. The number of benzene rings is 2. The summed E-state index contributed by atoms with van der Waals surface area (Å²) in [7, 11) is 0. The molecule has 0 fully saturated rings. The maximum atomic E-state index is 13.4. The van der Waals surface area contributed by atoms with Gasteiger partial charge in [0.1, 0.15) is 0 Å². The van der Waals surface area contributed by atoms with Crippen LogP contribution in [0, 0.1) is 0 Å². The summed E-state index contributed by atoms with van der Waals surface area (Å²) in [4.78, 5) is 26.9. The zero-order chi connectivity index (χ0) is 19.3. The van der Waals surface area contributed by atoms with Gasteiger partial charge in [0.15, 0.2) is 0 Å². The van der Waals surface area contributed by atoms with Gasteiger partial charge >= 0.3 is 5.97 Å². The monoisotopic (exact) mass is 353 g/mol. The largest absolute Gasteiger partial charge is 0.478 e. The summed E-state index contributed by atoms with van der Waals surface area (Å²) < 4.78 is 0. The van der Waals surface area contributed by atoms with Gasteiger partial charge in [-0.1, -0.05) is 50.2 Å². The maximum Gasteiger partial charge on any atom is 0.336 e. The van der Waals surface area contributed by atoms with Gasteiger partial charge in [-0.15, -0.1) is 0 Å². The van der Waals surface area contributed by atoms with Crippen molar-refractivity contribution in [3.8, 4) is 11.1 Å². The number of hydrogen-bond acceptors (Lipinski definition) is 2. The highest BCUT2D eigenvalue weighted by molar-refractivity contribution is 6.04. The lowest BCUT2D eigenvalue weighted by atomic mass is 9.94. The first-order valence-corrected chi connectivity index (χ1v) is 9.16. The summed E-state index contributed by atoms with van der Waals surface area (Å²) in [6.45, 7) is 8.24. The van der Waals surface area contributed by atoms with E-state index >= 15 is 0 Å². The van der Waals surface area contributed by atoms with Crippen molar-refractivity contribution in [2.24, 2.45) is 0 Å². The standard InChI is InChI=1S/C22H27NO3/c1-5-15(3)23(16(4)6-2)21(24)19-13-9-7-11-17(19)18-12-8-10-14-20(18)22(25)26/h7-16H,5-6H2,1-4H3,(H,25,26). The molecule has 0 saturated carbocycles. The molecule has 0 saturated heterocycles. The van der Waals surface area contributed by atoms with Crippen molar-refractivity contribution in [3.05, 3.63) is 59.7 Å². The van der Waals surface area contributed by atoms with Crippen molar-refractivity contribution >= 4 is 11.9 Å². The summed E-state index contributed by atoms with van der Waals surface area (Å²) in [5.74, 6) is -1.05. The van der Waals surface area contributed by atoms with Crippen molar-refractivity contribution in [3.63, 3.8) is 0 Å². The Kier molecular flexibility index (Phi) is 6.56. The molecule has 0 spiro atoms. The topological polar surface area (TPSA) is 57.6 Å². The minimum atomic E-state index is -0.997. The molecule has 1 amide bonds. The number of carboxylic acids is 1. The Morgan fingerprint density at radius 1 is 0.846 bits per heavy atom. The van der Waals surface area contributed by atoms with Crippen LogP contribution in [0.25, 0.3) is 11.1 Å². The van der Waals surface area contributed by atoms with E-state index in [1.54, 1.807) is 30.3 Å². The lowest BCUT2D eigenvalue weighted by Gasteiger charge is -2.34. The number of hydrogen-bond donors (Lipinski definition) is 1. The number of aromatic carboxylic acids is 1. The number of nitrogens with zero attached hydrogens (tertiary/aromatic N) is 1. The molecule has 0 heterocycles. The minimum Gasteiger partial charge on any atom is -0.478 e. The molecule has 2 unspecified atom stereocenters. The molecule has 0 bridgehead atoms. The molecule has 0 aliphatic rings. The summed E-state index contributed by atoms with van der Waals surface area (Å²) in [5.41, 5.74) is 1.97. The SMILES string of the molecule is CCC(C)N(C(=O)c1ccccc1-c1ccccc1C(=O)O)C(C)CC. The number of carbonyl (C=O) groups excluding carboxylic acids is 1. The second-order valence-corrected chi connectivity index (χ2v) is 6.62. The third kappa shape index (κ3) is 3.96. The predicted octanol–water partition coefficient (Wildman–Crippen LogP) is 5.09. The Labute approximate surface area is 155 Å². The van der Waals surface area contributed by atoms with E-state index in [-0.39, 0.29) is 23.6 Å². The van der Waals surface area contributed by atoms with Crippen LogP contribution in [-0.4, -0.2) is 34.0 Å². The first-order valence-electron chi connectivity index (χ1n) is 9.16. The molecule has 26 heavy (non-hydrogen) atoms. The predicted molar refractivity (Wildman–Crippen MR) is 105 cm³/mol. The third-order valence-electron chi connectivity index (χ3n) is 4.97. The zero-order valence-corrected chi connectivity index (χ0v) is 15.9. The highest BCUT2D eigenvalue weighted by Crippen LogP contribution is 2.29. The average molecular weight is 353 g/mol. The highest BCUT2D eigenvalue weighted by Gasteiger charge is 2.27. The van der Waals surface area contributed by atoms with E-state index in [0.717, 1.165) is 12.8 Å². The Hall–Kier alpha value is -2.62.